The number of thioether (sulfide) groups is 1. The smallest absolute Gasteiger partial charge is 0.236 e. The van der Waals surface area contributed by atoms with Crippen LogP contribution in [0.15, 0.2) is 35.5 Å². The predicted molar refractivity (Wildman–Crippen MR) is 103 cm³/mol. The zero-order valence-electron chi connectivity index (χ0n) is 15.4. The minimum atomic E-state index is -0.324. The first-order valence-electron chi connectivity index (χ1n) is 9.13. The second-order valence-electron chi connectivity index (χ2n) is 6.74. The Labute approximate surface area is 165 Å². The summed E-state index contributed by atoms with van der Waals surface area (Å²) in [5.74, 6) is 0.203. The van der Waals surface area contributed by atoms with Crippen molar-refractivity contribution in [3.05, 3.63) is 41.8 Å². The topological polar surface area (TPSA) is 90.5 Å². The Bertz CT molecular complexity index is 963. The molecular weight excluding hydrogens is 381 g/mol. The predicted octanol–water partition coefficient (Wildman–Crippen LogP) is 3.15. The summed E-state index contributed by atoms with van der Waals surface area (Å²) < 4.78 is 16.6. The van der Waals surface area contributed by atoms with E-state index in [0.717, 1.165) is 18.5 Å². The first-order valence-corrected chi connectivity index (χ1v) is 10.1. The Hall–Kier alpha value is -2.75. The zero-order chi connectivity index (χ0) is 19.5. The molecule has 0 radical (unpaired) electrons. The van der Waals surface area contributed by atoms with Gasteiger partial charge in [-0.05, 0) is 54.5 Å². The Balaban J connectivity index is 1.42. The van der Waals surface area contributed by atoms with Crippen molar-refractivity contribution in [1.29, 1.82) is 0 Å². The minimum absolute atomic E-state index is 0.181. The van der Waals surface area contributed by atoms with Gasteiger partial charge in [-0.15, -0.1) is 5.10 Å². The lowest BCUT2D eigenvalue weighted by atomic mass is 10.3. The second kappa shape index (κ2) is 8.09. The van der Waals surface area contributed by atoms with Crippen molar-refractivity contribution in [2.75, 3.05) is 11.1 Å². The van der Waals surface area contributed by atoms with Gasteiger partial charge in [0.25, 0.3) is 0 Å². The van der Waals surface area contributed by atoms with Crippen LogP contribution in [0.3, 0.4) is 0 Å². The van der Waals surface area contributed by atoms with E-state index in [1.54, 1.807) is 22.9 Å². The van der Waals surface area contributed by atoms with Crippen LogP contribution in [-0.2, 0) is 4.79 Å². The molecular formula is C18H20FN7OS. The summed E-state index contributed by atoms with van der Waals surface area (Å²) in [6.45, 7) is 1.83. The van der Waals surface area contributed by atoms with Crippen LogP contribution >= 0.6 is 11.8 Å². The van der Waals surface area contributed by atoms with Gasteiger partial charge in [0.05, 0.1) is 23.2 Å². The number of carbonyl (C=O) groups excluding carboxylic acids is 1. The number of nitrogens with one attached hydrogen (secondary N) is 1. The molecule has 3 aromatic rings. The minimum Gasteiger partial charge on any atom is -0.310 e. The van der Waals surface area contributed by atoms with E-state index in [-0.39, 0.29) is 17.5 Å². The average molecular weight is 401 g/mol. The fraction of sp³-hybridized carbons (Fsp3) is 0.389. The van der Waals surface area contributed by atoms with Crippen LogP contribution in [0.25, 0.3) is 5.69 Å². The molecule has 1 N–H and O–H groups in total. The summed E-state index contributed by atoms with van der Waals surface area (Å²) >= 11 is 1.31. The van der Waals surface area contributed by atoms with Crippen molar-refractivity contribution >= 4 is 23.5 Å². The highest BCUT2D eigenvalue weighted by Gasteiger charge is 2.22. The number of hydrogen-bond acceptors (Lipinski definition) is 6. The number of aromatic nitrogens is 6. The molecule has 1 amide bonds. The van der Waals surface area contributed by atoms with Gasteiger partial charge in [-0.2, -0.15) is 5.10 Å². The summed E-state index contributed by atoms with van der Waals surface area (Å²) in [4.78, 5) is 12.5. The number of rotatable bonds is 6. The number of aryl methyl sites for hydroxylation is 1. The largest absolute Gasteiger partial charge is 0.310 e. The molecule has 1 aromatic carbocycles. The summed E-state index contributed by atoms with van der Waals surface area (Å²) in [6.07, 6.45) is 4.51. The molecule has 0 aliphatic heterocycles. The van der Waals surface area contributed by atoms with Crippen LogP contribution in [-0.4, -0.2) is 41.6 Å². The second-order valence-corrected chi connectivity index (χ2v) is 7.68. The van der Waals surface area contributed by atoms with Crippen LogP contribution in [0.5, 0.6) is 0 Å². The third-order valence-electron chi connectivity index (χ3n) is 4.64. The molecule has 0 atom stereocenters. The SMILES string of the molecule is Cc1cc(NC(=O)CSc2nnnn2C2CCCC2)n(-c2ccc(F)cc2)n1. The van der Waals surface area contributed by atoms with Crippen LogP contribution in [0, 0.1) is 12.7 Å². The van der Waals surface area contributed by atoms with Gasteiger partial charge in [-0.1, -0.05) is 24.6 Å². The average Bonchev–Trinajstić information content (AvgIpc) is 3.41. The van der Waals surface area contributed by atoms with E-state index in [2.05, 4.69) is 25.9 Å². The lowest BCUT2D eigenvalue weighted by Crippen LogP contribution is -2.17. The van der Waals surface area contributed by atoms with E-state index in [1.165, 1.54) is 36.7 Å². The van der Waals surface area contributed by atoms with Crippen molar-refractivity contribution in [2.24, 2.45) is 0 Å². The number of anilines is 1. The molecule has 2 aromatic heterocycles. The third kappa shape index (κ3) is 4.06. The maximum Gasteiger partial charge on any atom is 0.236 e. The van der Waals surface area contributed by atoms with Gasteiger partial charge >= 0.3 is 0 Å². The van der Waals surface area contributed by atoms with E-state index >= 15 is 0 Å². The lowest BCUT2D eigenvalue weighted by molar-refractivity contribution is -0.113. The highest BCUT2D eigenvalue weighted by Crippen LogP contribution is 2.31. The van der Waals surface area contributed by atoms with Crippen molar-refractivity contribution in [3.8, 4) is 5.69 Å². The first kappa shape index (κ1) is 18.6. The number of benzene rings is 1. The Kier molecular flexibility index (Phi) is 5.38. The van der Waals surface area contributed by atoms with E-state index in [0.29, 0.717) is 22.7 Å². The molecule has 0 unspecified atom stereocenters. The molecule has 0 bridgehead atoms. The Morgan fingerprint density at radius 3 is 2.79 bits per heavy atom. The van der Waals surface area contributed by atoms with Gasteiger partial charge in [-0.25, -0.2) is 13.8 Å². The quantitative estimate of drug-likeness (QED) is 0.638. The highest BCUT2D eigenvalue weighted by molar-refractivity contribution is 7.99. The standard InChI is InChI=1S/C18H20FN7OS/c1-12-10-16(25(22-12)15-8-6-13(19)7-9-15)20-17(27)11-28-18-21-23-24-26(18)14-4-2-3-5-14/h6-10,14H,2-5,11H2,1H3,(H,20,27). The van der Waals surface area contributed by atoms with E-state index < -0.39 is 0 Å². The maximum absolute atomic E-state index is 13.2. The van der Waals surface area contributed by atoms with Crippen molar-refractivity contribution < 1.29 is 9.18 Å². The van der Waals surface area contributed by atoms with Gasteiger partial charge in [0, 0.05) is 6.07 Å². The summed E-state index contributed by atoms with van der Waals surface area (Å²) in [5, 5.41) is 19.8. The van der Waals surface area contributed by atoms with Crippen LogP contribution < -0.4 is 5.32 Å². The van der Waals surface area contributed by atoms with Gasteiger partial charge in [0.15, 0.2) is 0 Å². The molecule has 146 valence electrons. The van der Waals surface area contributed by atoms with E-state index in [4.69, 9.17) is 0 Å². The van der Waals surface area contributed by atoms with E-state index in [9.17, 15) is 9.18 Å². The van der Waals surface area contributed by atoms with Gasteiger partial charge in [0.1, 0.15) is 11.6 Å². The Morgan fingerprint density at radius 1 is 1.29 bits per heavy atom. The third-order valence-corrected chi connectivity index (χ3v) is 5.57. The number of hydrogen-bond donors (Lipinski definition) is 1. The number of carbonyl (C=O) groups is 1. The number of nitrogens with zero attached hydrogens (tertiary/aromatic N) is 6. The van der Waals surface area contributed by atoms with Crippen molar-refractivity contribution in [3.63, 3.8) is 0 Å². The molecule has 0 spiro atoms. The molecule has 8 nitrogen and oxygen atoms in total. The van der Waals surface area contributed by atoms with Crippen LogP contribution in [0.1, 0.15) is 37.4 Å². The molecule has 4 rings (SSSR count). The first-order chi connectivity index (χ1) is 13.6. The molecule has 1 saturated carbocycles. The fourth-order valence-corrected chi connectivity index (χ4v) is 4.08. The van der Waals surface area contributed by atoms with Gasteiger partial charge in [-0.3, -0.25) is 4.79 Å². The molecule has 28 heavy (non-hydrogen) atoms. The van der Waals surface area contributed by atoms with Crippen molar-refractivity contribution in [2.45, 2.75) is 43.8 Å². The highest BCUT2D eigenvalue weighted by atomic mass is 32.2. The van der Waals surface area contributed by atoms with Crippen LogP contribution in [0.4, 0.5) is 10.2 Å². The summed E-state index contributed by atoms with van der Waals surface area (Å²) in [5.41, 5.74) is 1.42. The summed E-state index contributed by atoms with van der Waals surface area (Å²) in [6, 6.07) is 8.04. The van der Waals surface area contributed by atoms with Crippen LogP contribution in [0.2, 0.25) is 0 Å². The Morgan fingerprint density at radius 2 is 2.04 bits per heavy atom. The van der Waals surface area contributed by atoms with Gasteiger partial charge < -0.3 is 5.32 Å². The fourth-order valence-electron chi connectivity index (χ4n) is 3.34. The number of tetrazole rings is 1. The van der Waals surface area contributed by atoms with Crippen molar-refractivity contribution in [1.82, 2.24) is 30.0 Å². The van der Waals surface area contributed by atoms with E-state index in [1.807, 2.05) is 11.6 Å². The zero-order valence-corrected chi connectivity index (χ0v) is 16.2. The number of amides is 1. The molecule has 10 heteroatoms. The maximum atomic E-state index is 13.2. The molecule has 1 aliphatic rings. The molecule has 1 fully saturated rings. The van der Waals surface area contributed by atoms with Gasteiger partial charge in [0.2, 0.25) is 11.1 Å². The monoisotopic (exact) mass is 401 g/mol. The summed E-state index contributed by atoms with van der Waals surface area (Å²) in [7, 11) is 0. The molecule has 2 heterocycles. The lowest BCUT2D eigenvalue weighted by Gasteiger charge is -2.11. The molecule has 0 saturated heterocycles. The molecule has 1 aliphatic carbocycles. The number of halogens is 1. The normalized spacial score (nSPS) is 14.5.